The van der Waals surface area contributed by atoms with Gasteiger partial charge in [-0.3, -0.25) is 4.79 Å². The van der Waals surface area contributed by atoms with E-state index in [1.165, 1.54) is 0 Å². The van der Waals surface area contributed by atoms with Gasteiger partial charge in [0.25, 0.3) is 15.9 Å². The molecule has 3 heterocycles. The van der Waals surface area contributed by atoms with Crippen molar-refractivity contribution in [3.8, 4) is 0 Å². The molecule has 0 radical (unpaired) electrons. The Bertz CT molecular complexity index is 1910. The van der Waals surface area contributed by atoms with Gasteiger partial charge in [0.15, 0.2) is 0 Å². The third-order valence-electron chi connectivity index (χ3n) is 7.58. The largest absolute Gasteiger partial charge is 0.361 e. The van der Waals surface area contributed by atoms with Gasteiger partial charge in [-0.15, -0.1) is 0 Å². The number of aromatic nitrogens is 2. The standard InChI is InChI=1S/C31H23N3O3S/c1-20-14-16-21(17-15-20)38(36,37)34-29-13-7-4-10-24(29)31(30(34)35,25-18-32-27-11-5-2-8-22(25)27)26-19-33-28-12-6-3-9-23(26)28/h2-19,32-33H,1H3. The Morgan fingerprint density at radius 3 is 1.79 bits per heavy atom. The van der Waals surface area contributed by atoms with Gasteiger partial charge in [-0.05, 0) is 37.3 Å². The van der Waals surface area contributed by atoms with Crippen molar-refractivity contribution in [3.63, 3.8) is 0 Å². The van der Waals surface area contributed by atoms with Gasteiger partial charge in [-0.2, -0.15) is 0 Å². The lowest BCUT2D eigenvalue weighted by atomic mass is 9.70. The lowest BCUT2D eigenvalue weighted by Gasteiger charge is -2.29. The average Bonchev–Trinajstić information content (AvgIpc) is 3.62. The van der Waals surface area contributed by atoms with Crippen LogP contribution in [0.3, 0.4) is 0 Å². The molecule has 2 aromatic heterocycles. The minimum atomic E-state index is -4.21. The van der Waals surface area contributed by atoms with Gasteiger partial charge in [0.05, 0.1) is 10.6 Å². The van der Waals surface area contributed by atoms with Crippen LogP contribution in [0.5, 0.6) is 0 Å². The highest BCUT2D eigenvalue weighted by Gasteiger charge is 2.58. The number of aryl methyl sites for hydroxylation is 1. The molecule has 38 heavy (non-hydrogen) atoms. The fourth-order valence-electron chi connectivity index (χ4n) is 5.83. The Morgan fingerprint density at radius 1 is 0.658 bits per heavy atom. The number of benzene rings is 4. The zero-order valence-electron chi connectivity index (χ0n) is 20.5. The molecule has 7 rings (SSSR count). The van der Waals surface area contributed by atoms with Crippen molar-refractivity contribution >= 4 is 43.4 Å². The summed E-state index contributed by atoms with van der Waals surface area (Å²) < 4.78 is 29.3. The third kappa shape index (κ3) is 2.87. The molecule has 6 aromatic rings. The van der Waals surface area contributed by atoms with E-state index in [1.807, 2.05) is 80.0 Å². The molecule has 1 aliphatic heterocycles. The molecular weight excluding hydrogens is 494 g/mol. The van der Waals surface area contributed by atoms with E-state index in [1.54, 1.807) is 36.4 Å². The number of para-hydroxylation sites is 3. The van der Waals surface area contributed by atoms with Gasteiger partial charge in [-0.1, -0.05) is 72.3 Å². The normalized spacial score (nSPS) is 14.9. The molecule has 0 unspecified atom stereocenters. The molecule has 186 valence electrons. The molecule has 0 saturated heterocycles. The second kappa shape index (κ2) is 7.94. The lowest BCUT2D eigenvalue weighted by molar-refractivity contribution is -0.119. The van der Waals surface area contributed by atoms with Crippen LogP contribution in [0.4, 0.5) is 5.69 Å². The first-order valence-electron chi connectivity index (χ1n) is 12.3. The number of nitrogens with one attached hydrogen (secondary N) is 2. The number of carbonyl (C=O) groups is 1. The number of hydrogen-bond acceptors (Lipinski definition) is 3. The summed E-state index contributed by atoms with van der Waals surface area (Å²) in [6, 6.07) is 29.3. The number of fused-ring (bicyclic) bond motifs is 3. The summed E-state index contributed by atoms with van der Waals surface area (Å²) in [4.78, 5) is 21.7. The first-order valence-corrected chi connectivity index (χ1v) is 13.8. The first-order chi connectivity index (χ1) is 18.4. The summed E-state index contributed by atoms with van der Waals surface area (Å²) in [7, 11) is -4.21. The summed E-state index contributed by atoms with van der Waals surface area (Å²) in [5.41, 5.74) is 3.65. The Balaban J connectivity index is 1.60. The second-order valence-corrected chi connectivity index (χ2v) is 11.4. The van der Waals surface area contributed by atoms with E-state index in [-0.39, 0.29) is 4.90 Å². The average molecular weight is 518 g/mol. The molecule has 6 nitrogen and oxygen atoms in total. The van der Waals surface area contributed by atoms with Gasteiger partial charge in [0.1, 0.15) is 5.41 Å². The topological polar surface area (TPSA) is 86.0 Å². The van der Waals surface area contributed by atoms with Crippen LogP contribution < -0.4 is 4.31 Å². The Morgan fingerprint density at radius 2 is 1.18 bits per heavy atom. The van der Waals surface area contributed by atoms with Crippen LogP contribution in [0, 0.1) is 6.92 Å². The predicted octanol–water partition coefficient (Wildman–Crippen LogP) is 6.03. The van der Waals surface area contributed by atoms with Crippen molar-refractivity contribution in [1.82, 2.24) is 9.97 Å². The van der Waals surface area contributed by atoms with E-state index >= 15 is 0 Å². The zero-order valence-corrected chi connectivity index (χ0v) is 21.3. The van der Waals surface area contributed by atoms with Gasteiger partial charge >= 0.3 is 0 Å². The van der Waals surface area contributed by atoms with E-state index < -0.39 is 21.3 Å². The van der Waals surface area contributed by atoms with Crippen LogP contribution in [0.2, 0.25) is 0 Å². The number of carbonyl (C=O) groups excluding carboxylic acids is 1. The highest BCUT2D eigenvalue weighted by Crippen LogP contribution is 2.54. The molecule has 0 spiro atoms. The number of aromatic amines is 2. The number of amides is 1. The van der Waals surface area contributed by atoms with Crippen LogP contribution in [0.15, 0.2) is 114 Å². The molecule has 4 aromatic carbocycles. The molecule has 7 heteroatoms. The highest BCUT2D eigenvalue weighted by molar-refractivity contribution is 7.93. The quantitative estimate of drug-likeness (QED) is 0.300. The van der Waals surface area contributed by atoms with Crippen molar-refractivity contribution in [2.75, 3.05) is 4.31 Å². The zero-order chi connectivity index (χ0) is 26.1. The maximum Gasteiger partial charge on any atom is 0.270 e. The minimum Gasteiger partial charge on any atom is -0.361 e. The van der Waals surface area contributed by atoms with Gasteiger partial charge in [-0.25, -0.2) is 12.7 Å². The van der Waals surface area contributed by atoms with E-state index in [4.69, 9.17) is 0 Å². The summed E-state index contributed by atoms with van der Waals surface area (Å²) in [6.07, 6.45) is 3.67. The minimum absolute atomic E-state index is 0.0694. The SMILES string of the molecule is Cc1ccc(S(=O)(=O)N2C(=O)C(c3c[nH]c4ccccc34)(c3c[nH]c4ccccc34)c3ccccc32)cc1. The van der Waals surface area contributed by atoms with Crippen molar-refractivity contribution < 1.29 is 13.2 Å². The Labute approximate surface area is 219 Å². The van der Waals surface area contributed by atoms with Crippen molar-refractivity contribution in [3.05, 3.63) is 132 Å². The van der Waals surface area contributed by atoms with Crippen LogP contribution >= 0.6 is 0 Å². The van der Waals surface area contributed by atoms with Gasteiger partial charge in [0, 0.05) is 50.9 Å². The molecule has 0 bridgehead atoms. The lowest BCUT2D eigenvalue weighted by Crippen LogP contribution is -2.44. The Hall–Kier alpha value is -4.62. The molecule has 0 aliphatic carbocycles. The molecular formula is C31H23N3O3S. The summed E-state index contributed by atoms with van der Waals surface area (Å²) in [6.45, 7) is 1.89. The summed E-state index contributed by atoms with van der Waals surface area (Å²) in [5.74, 6) is -0.534. The highest BCUT2D eigenvalue weighted by atomic mass is 32.2. The van der Waals surface area contributed by atoms with Crippen LogP contribution in [0.1, 0.15) is 22.3 Å². The molecule has 0 saturated carbocycles. The van der Waals surface area contributed by atoms with Crippen molar-refractivity contribution in [1.29, 1.82) is 0 Å². The van der Waals surface area contributed by atoms with E-state index in [9.17, 15) is 13.2 Å². The van der Waals surface area contributed by atoms with Crippen LogP contribution in [-0.4, -0.2) is 24.3 Å². The van der Waals surface area contributed by atoms with Crippen LogP contribution in [-0.2, 0) is 20.2 Å². The molecule has 1 aliphatic rings. The third-order valence-corrected chi connectivity index (χ3v) is 9.29. The number of nitrogens with zero attached hydrogens (tertiary/aromatic N) is 1. The molecule has 1 amide bonds. The van der Waals surface area contributed by atoms with Gasteiger partial charge < -0.3 is 9.97 Å². The van der Waals surface area contributed by atoms with Gasteiger partial charge in [0.2, 0.25) is 0 Å². The number of H-pyrrole nitrogens is 2. The molecule has 0 atom stereocenters. The van der Waals surface area contributed by atoms with E-state index in [0.717, 1.165) is 31.7 Å². The second-order valence-electron chi connectivity index (χ2n) is 9.65. The van der Waals surface area contributed by atoms with E-state index in [0.29, 0.717) is 22.4 Å². The number of sulfonamides is 1. The van der Waals surface area contributed by atoms with Crippen LogP contribution in [0.25, 0.3) is 21.8 Å². The summed E-state index contributed by atoms with van der Waals surface area (Å²) >= 11 is 0. The smallest absolute Gasteiger partial charge is 0.270 e. The van der Waals surface area contributed by atoms with Crippen molar-refractivity contribution in [2.24, 2.45) is 0 Å². The predicted molar refractivity (Wildman–Crippen MR) is 149 cm³/mol. The fourth-order valence-corrected chi connectivity index (χ4v) is 7.29. The van der Waals surface area contributed by atoms with E-state index in [2.05, 4.69) is 9.97 Å². The maximum atomic E-state index is 15.0. The molecule has 0 fully saturated rings. The molecule has 2 N–H and O–H groups in total. The summed E-state index contributed by atoms with van der Waals surface area (Å²) in [5, 5.41) is 1.71. The number of anilines is 1. The maximum absolute atomic E-state index is 15.0. The van der Waals surface area contributed by atoms with Crippen molar-refractivity contribution in [2.45, 2.75) is 17.2 Å². The fraction of sp³-hybridized carbons (Fsp3) is 0.0645. The Kier molecular flexibility index (Phi) is 4.71. The number of hydrogen-bond donors (Lipinski definition) is 2. The first kappa shape index (κ1) is 22.6. The monoisotopic (exact) mass is 517 g/mol. The number of rotatable bonds is 4.